The Labute approximate surface area is 151 Å². The Morgan fingerprint density at radius 2 is 1.75 bits per heavy atom. The van der Waals surface area contributed by atoms with Crippen LogP contribution in [0.1, 0.15) is 41.6 Å². The first-order valence-electron chi connectivity index (χ1n) is 8.46. The van der Waals surface area contributed by atoms with Crippen molar-refractivity contribution < 1.29 is 4.79 Å². The number of nitrogens with zero attached hydrogens (tertiary/aromatic N) is 2. The minimum absolute atomic E-state index is 0.0703. The monoisotopic (exact) mass is 387 g/mol. The van der Waals surface area contributed by atoms with Gasteiger partial charge in [0, 0.05) is 35.9 Å². The average Bonchev–Trinajstić information content (AvgIpc) is 2.90. The highest BCUT2D eigenvalue weighted by atomic mass is 79.9. The van der Waals surface area contributed by atoms with E-state index < -0.39 is 0 Å². The van der Waals surface area contributed by atoms with Crippen LogP contribution < -0.4 is 10.2 Å². The van der Waals surface area contributed by atoms with Crippen molar-refractivity contribution in [3.8, 4) is 0 Å². The molecule has 0 radical (unpaired) electrons. The summed E-state index contributed by atoms with van der Waals surface area (Å²) in [6.07, 6.45) is 6.98. The Balaban J connectivity index is 1.56. The van der Waals surface area contributed by atoms with E-state index in [2.05, 4.69) is 43.3 Å². The maximum atomic E-state index is 12.1. The van der Waals surface area contributed by atoms with Crippen LogP contribution in [0.5, 0.6) is 0 Å². The Morgan fingerprint density at radius 1 is 1.04 bits per heavy atom. The van der Waals surface area contributed by atoms with Gasteiger partial charge in [0.05, 0.1) is 0 Å². The van der Waals surface area contributed by atoms with Crippen LogP contribution in [-0.2, 0) is 6.54 Å². The molecular weight excluding hydrogens is 366 g/mol. The fourth-order valence-corrected chi connectivity index (χ4v) is 3.16. The van der Waals surface area contributed by atoms with Gasteiger partial charge in [0.15, 0.2) is 0 Å². The highest BCUT2D eigenvalue weighted by Crippen LogP contribution is 2.17. The fraction of sp³-hybridized carbons (Fsp3) is 0.368. The molecule has 0 atom stereocenters. The molecule has 1 amide bonds. The second kappa shape index (κ2) is 8.29. The molecule has 24 heavy (non-hydrogen) atoms. The highest BCUT2D eigenvalue weighted by Gasteiger charge is 2.11. The molecule has 126 valence electrons. The Hall–Kier alpha value is -1.88. The molecule has 0 unspecified atom stereocenters. The lowest BCUT2D eigenvalue weighted by molar-refractivity contribution is 0.0951. The second-order valence-corrected chi connectivity index (χ2v) is 7.03. The van der Waals surface area contributed by atoms with Gasteiger partial charge in [-0.15, -0.1) is 0 Å². The van der Waals surface area contributed by atoms with Gasteiger partial charge in [-0.2, -0.15) is 0 Å². The fourth-order valence-electron chi connectivity index (χ4n) is 2.89. The van der Waals surface area contributed by atoms with E-state index in [0.29, 0.717) is 12.1 Å². The smallest absolute Gasteiger partial charge is 0.251 e. The summed E-state index contributed by atoms with van der Waals surface area (Å²) >= 11 is 3.37. The minimum Gasteiger partial charge on any atom is -0.357 e. The Morgan fingerprint density at radius 3 is 2.38 bits per heavy atom. The zero-order chi connectivity index (χ0) is 16.8. The van der Waals surface area contributed by atoms with Gasteiger partial charge in [-0.3, -0.25) is 4.79 Å². The number of hydrogen-bond acceptors (Lipinski definition) is 3. The number of nitrogens with one attached hydrogen (secondary N) is 1. The van der Waals surface area contributed by atoms with E-state index in [0.717, 1.165) is 28.9 Å². The molecule has 1 aliphatic heterocycles. The number of rotatable bonds is 4. The summed E-state index contributed by atoms with van der Waals surface area (Å²) in [4.78, 5) is 19.1. The van der Waals surface area contributed by atoms with E-state index in [1.807, 2.05) is 18.3 Å². The molecule has 1 aromatic carbocycles. The topological polar surface area (TPSA) is 45.2 Å². The Bertz CT molecular complexity index is 662. The zero-order valence-electron chi connectivity index (χ0n) is 13.7. The molecule has 4 nitrogen and oxygen atoms in total. The van der Waals surface area contributed by atoms with Gasteiger partial charge >= 0.3 is 0 Å². The van der Waals surface area contributed by atoms with E-state index in [4.69, 9.17) is 0 Å². The van der Waals surface area contributed by atoms with Crippen molar-refractivity contribution in [2.45, 2.75) is 32.2 Å². The summed E-state index contributed by atoms with van der Waals surface area (Å²) in [5, 5.41) is 2.94. The summed E-state index contributed by atoms with van der Waals surface area (Å²) in [5.41, 5.74) is 1.67. The first-order valence-corrected chi connectivity index (χ1v) is 9.25. The molecule has 2 heterocycles. The third kappa shape index (κ3) is 4.57. The van der Waals surface area contributed by atoms with E-state index in [-0.39, 0.29) is 5.91 Å². The van der Waals surface area contributed by atoms with E-state index in [1.165, 1.54) is 25.7 Å². The SMILES string of the molecule is O=C(NCc1ccc(N2CCCCCC2)nc1)c1ccc(Br)cc1. The van der Waals surface area contributed by atoms with Crippen molar-refractivity contribution in [2.75, 3.05) is 18.0 Å². The molecule has 3 rings (SSSR count). The third-order valence-corrected chi connectivity index (χ3v) is 4.83. The van der Waals surface area contributed by atoms with E-state index in [1.54, 1.807) is 12.1 Å². The van der Waals surface area contributed by atoms with Gasteiger partial charge in [-0.1, -0.05) is 34.8 Å². The quantitative estimate of drug-likeness (QED) is 0.856. The van der Waals surface area contributed by atoms with Gasteiger partial charge in [0.25, 0.3) is 5.91 Å². The maximum absolute atomic E-state index is 12.1. The van der Waals surface area contributed by atoms with Gasteiger partial charge < -0.3 is 10.2 Å². The van der Waals surface area contributed by atoms with Gasteiger partial charge in [0.2, 0.25) is 0 Å². The van der Waals surface area contributed by atoms with Crippen LogP contribution in [0.15, 0.2) is 47.1 Å². The number of anilines is 1. The van der Waals surface area contributed by atoms with Crippen molar-refractivity contribution in [3.05, 3.63) is 58.2 Å². The summed E-state index contributed by atoms with van der Waals surface area (Å²) < 4.78 is 0.965. The van der Waals surface area contributed by atoms with Crippen LogP contribution in [0, 0.1) is 0 Å². The number of pyridine rings is 1. The number of benzene rings is 1. The van der Waals surface area contributed by atoms with Crippen molar-refractivity contribution >= 4 is 27.7 Å². The number of amides is 1. The second-order valence-electron chi connectivity index (χ2n) is 6.12. The van der Waals surface area contributed by atoms with Crippen LogP contribution in [0.25, 0.3) is 0 Å². The first-order chi connectivity index (χ1) is 11.7. The molecular formula is C19H22BrN3O. The lowest BCUT2D eigenvalue weighted by Gasteiger charge is -2.21. The van der Waals surface area contributed by atoms with E-state index in [9.17, 15) is 4.79 Å². The van der Waals surface area contributed by atoms with Crippen LogP contribution >= 0.6 is 15.9 Å². The average molecular weight is 388 g/mol. The lowest BCUT2D eigenvalue weighted by Crippen LogP contribution is -2.25. The van der Waals surface area contributed by atoms with Crippen LogP contribution in [0.4, 0.5) is 5.82 Å². The van der Waals surface area contributed by atoms with Crippen LogP contribution in [-0.4, -0.2) is 24.0 Å². The summed E-state index contributed by atoms with van der Waals surface area (Å²) in [6, 6.07) is 11.5. The highest BCUT2D eigenvalue weighted by molar-refractivity contribution is 9.10. The molecule has 0 aliphatic carbocycles. The van der Waals surface area contributed by atoms with Gasteiger partial charge in [0.1, 0.15) is 5.82 Å². The molecule has 1 aliphatic rings. The van der Waals surface area contributed by atoms with Gasteiger partial charge in [-0.25, -0.2) is 4.98 Å². The number of aromatic nitrogens is 1. The minimum atomic E-state index is -0.0703. The van der Waals surface area contributed by atoms with E-state index >= 15 is 0 Å². The predicted octanol–water partition coefficient (Wildman–Crippen LogP) is 4.15. The summed E-state index contributed by atoms with van der Waals surface area (Å²) in [5.74, 6) is 0.971. The molecule has 0 saturated carbocycles. The van der Waals surface area contributed by atoms with Crippen molar-refractivity contribution in [1.29, 1.82) is 0 Å². The Kier molecular flexibility index (Phi) is 5.86. The zero-order valence-corrected chi connectivity index (χ0v) is 15.3. The summed E-state index contributed by atoms with van der Waals surface area (Å²) in [7, 11) is 0. The van der Waals surface area contributed by atoms with Gasteiger partial charge in [-0.05, 0) is 48.7 Å². The molecule has 1 N–H and O–H groups in total. The number of hydrogen-bond donors (Lipinski definition) is 1. The normalized spacial score (nSPS) is 15.0. The molecule has 1 fully saturated rings. The molecule has 5 heteroatoms. The molecule has 0 spiro atoms. The standard InChI is InChI=1S/C19H22BrN3O/c20-17-8-6-16(7-9-17)19(24)22-14-15-5-10-18(21-13-15)23-11-3-1-2-4-12-23/h5-10,13H,1-4,11-12,14H2,(H,22,24). The predicted molar refractivity (Wildman–Crippen MR) is 100 cm³/mol. The van der Waals surface area contributed by atoms with Crippen LogP contribution in [0.2, 0.25) is 0 Å². The number of halogens is 1. The molecule has 1 aromatic heterocycles. The third-order valence-electron chi connectivity index (χ3n) is 4.30. The van der Waals surface area contributed by atoms with Crippen molar-refractivity contribution in [2.24, 2.45) is 0 Å². The number of carbonyl (C=O) groups excluding carboxylic acids is 1. The number of carbonyl (C=O) groups is 1. The lowest BCUT2D eigenvalue weighted by atomic mass is 10.2. The largest absolute Gasteiger partial charge is 0.357 e. The van der Waals surface area contributed by atoms with Crippen LogP contribution in [0.3, 0.4) is 0 Å². The first kappa shape index (κ1) is 17.0. The molecule has 0 bridgehead atoms. The van der Waals surface area contributed by atoms with Crippen molar-refractivity contribution in [1.82, 2.24) is 10.3 Å². The van der Waals surface area contributed by atoms with Crippen molar-refractivity contribution in [3.63, 3.8) is 0 Å². The maximum Gasteiger partial charge on any atom is 0.251 e. The summed E-state index contributed by atoms with van der Waals surface area (Å²) in [6.45, 7) is 2.67. The molecule has 2 aromatic rings. The molecule has 1 saturated heterocycles.